The molecule has 0 nitrogen and oxygen atoms in total. The van der Waals surface area contributed by atoms with Gasteiger partial charge in [-0.05, 0) is 0 Å². The van der Waals surface area contributed by atoms with Gasteiger partial charge in [-0.2, -0.15) is 0 Å². The maximum atomic E-state index is 4.93. The van der Waals surface area contributed by atoms with Crippen molar-refractivity contribution < 1.29 is 20.8 Å². The molecule has 6 heteroatoms. The first-order valence-corrected chi connectivity index (χ1v) is 21.8. The van der Waals surface area contributed by atoms with Crippen molar-refractivity contribution in [1.82, 2.24) is 0 Å². The average Bonchev–Trinajstić information content (AvgIpc) is 3.55. The van der Waals surface area contributed by atoms with Gasteiger partial charge in [-0.1, -0.05) is 141 Å². The molecule has 0 spiro atoms. The van der Waals surface area contributed by atoms with Gasteiger partial charge < -0.3 is 0 Å². The molecule has 38 heavy (non-hydrogen) atoms. The van der Waals surface area contributed by atoms with Crippen LogP contribution in [0, 0.1) is 0 Å². The monoisotopic (exact) mass is 756 g/mol. The summed E-state index contributed by atoms with van der Waals surface area (Å²) < 4.78 is 2.24. The van der Waals surface area contributed by atoms with E-state index in [2.05, 4.69) is 166 Å². The van der Waals surface area contributed by atoms with Gasteiger partial charge in [0.15, 0.2) is 0 Å². The van der Waals surface area contributed by atoms with Crippen molar-refractivity contribution in [2.24, 2.45) is 0 Å². The molecule has 0 aliphatic heterocycles. The Morgan fingerprint density at radius 3 is 1.21 bits per heavy atom. The maximum absolute atomic E-state index is 4.93. The van der Waals surface area contributed by atoms with E-state index >= 15 is 0 Å². The summed E-state index contributed by atoms with van der Waals surface area (Å²) in [5.41, 5.74) is 5.10. The first kappa shape index (κ1) is 31.3. The number of fused-ring (bicyclic) bond motifs is 2. The second-order valence-electron chi connectivity index (χ2n) is 8.33. The van der Waals surface area contributed by atoms with Gasteiger partial charge in [-0.25, -0.2) is 0 Å². The molecule has 190 valence electrons. The summed E-state index contributed by atoms with van der Waals surface area (Å²) in [4.78, 5) is 0. The number of halogens is 4. The van der Waals surface area contributed by atoms with Crippen LogP contribution in [0.1, 0.15) is 0 Å². The van der Waals surface area contributed by atoms with E-state index in [0.717, 1.165) is 18.5 Å². The van der Waals surface area contributed by atoms with Gasteiger partial charge >= 0.3 is 37.9 Å². The molecular formula is C32H26Br2Cl2SiZr. The average molecular weight is 761 g/mol. The molecule has 0 saturated heterocycles. The van der Waals surface area contributed by atoms with E-state index in [1.165, 1.54) is 43.8 Å². The van der Waals surface area contributed by atoms with Gasteiger partial charge in [0.1, 0.15) is 0 Å². The first-order valence-electron chi connectivity index (χ1n) is 11.9. The molecule has 0 N–H and O–H groups in total. The van der Waals surface area contributed by atoms with Crippen LogP contribution in [-0.2, 0) is 20.8 Å². The van der Waals surface area contributed by atoms with Crippen LogP contribution in [0.5, 0.6) is 0 Å². The third-order valence-electron chi connectivity index (χ3n) is 5.59. The third kappa shape index (κ3) is 9.44. The zero-order valence-electron chi connectivity index (χ0n) is 21.1. The van der Waals surface area contributed by atoms with Crippen LogP contribution in [0.4, 0.5) is 0 Å². The molecule has 0 heterocycles. The van der Waals surface area contributed by atoms with Gasteiger partial charge in [0.25, 0.3) is 0 Å². The van der Waals surface area contributed by atoms with Crippen LogP contribution < -0.4 is 0 Å². The molecular weight excluding hydrogens is 734 g/mol. The Hall–Kier alpha value is -1.26. The molecule has 0 amide bonds. The van der Waals surface area contributed by atoms with Crippen LogP contribution in [0.2, 0.25) is 13.1 Å². The summed E-state index contributed by atoms with van der Waals surface area (Å²) in [6, 6.07) is 42.7. The first-order chi connectivity index (χ1) is 18.5. The normalized spacial score (nSPS) is 9.84. The van der Waals surface area contributed by atoms with Crippen LogP contribution in [0.15, 0.2) is 130 Å². The second kappa shape index (κ2) is 16.8. The SMILES string of the molecule is Brc1ccc(-c2cc3ccccc3[cH-]2)cc1.Brc1ccc(-c2cc3ccccc3[cH-]2)cc1.C[Si]C.[Cl][Zr+2][Cl]. The molecule has 0 atom stereocenters. The van der Waals surface area contributed by atoms with E-state index in [-0.39, 0.29) is 0 Å². The number of hydrogen-bond donors (Lipinski definition) is 0. The molecule has 0 aliphatic rings. The van der Waals surface area contributed by atoms with Crippen LogP contribution in [-0.4, -0.2) is 9.52 Å². The Balaban J connectivity index is 0.000000175. The standard InChI is InChI=1S/2C15H10Br.C2H6Si.2ClH.Zr/c2*16-15-7-5-11(6-8-15)14-9-12-3-1-2-4-13(12)10-14;1-3-2;;;/h2*1-10H;1-2H3;2*1H;/q2*-1;;;;+4/p-2. The summed E-state index contributed by atoms with van der Waals surface area (Å²) in [6.07, 6.45) is 0. The molecule has 2 radical (unpaired) electrons. The van der Waals surface area contributed by atoms with E-state index in [1.807, 2.05) is 0 Å². The Labute approximate surface area is 263 Å². The minimum atomic E-state index is -0.826. The minimum absolute atomic E-state index is 0.826. The molecule has 0 fully saturated rings. The summed E-state index contributed by atoms with van der Waals surface area (Å²) in [6.45, 7) is 4.31. The predicted octanol–water partition coefficient (Wildman–Crippen LogP) is 12.1. The van der Waals surface area contributed by atoms with Gasteiger partial charge in [0.05, 0.1) is 0 Å². The Bertz CT molecular complexity index is 1340. The molecule has 0 bridgehead atoms. The van der Waals surface area contributed by atoms with E-state index in [9.17, 15) is 0 Å². The summed E-state index contributed by atoms with van der Waals surface area (Å²) in [5, 5.41) is 5.22. The van der Waals surface area contributed by atoms with Crippen molar-refractivity contribution in [2.75, 3.05) is 0 Å². The summed E-state index contributed by atoms with van der Waals surface area (Å²) in [5.74, 6) is 0. The Morgan fingerprint density at radius 2 is 0.895 bits per heavy atom. The number of benzene rings is 4. The van der Waals surface area contributed by atoms with Crippen LogP contribution >= 0.6 is 48.9 Å². The molecule has 0 saturated carbocycles. The van der Waals surface area contributed by atoms with Crippen molar-refractivity contribution in [3.8, 4) is 22.3 Å². The van der Waals surface area contributed by atoms with Crippen molar-refractivity contribution >= 4 is 80.0 Å². The van der Waals surface area contributed by atoms with Gasteiger partial charge in [-0.15, -0.1) is 69.1 Å². The second-order valence-corrected chi connectivity index (χ2v) is 14.9. The van der Waals surface area contributed by atoms with E-state index in [0.29, 0.717) is 0 Å². The van der Waals surface area contributed by atoms with Crippen LogP contribution in [0.25, 0.3) is 43.8 Å². The molecule has 0 unspecified atom stereocenters. The molecule has 0 aliphatic carbocycles. The molecule has 6 rings (SSSR count). The fourth-order valence-corrected chi connectivity index (χ4v) is 4.45. The topological polar surface area (TPSA) is 0 Å². The predicted molar refractivity (Wildman–Crippen MR) is 175 cm³/mol. The Kier molecular flexibility index (Phi) is 13.8. The summed E-state index contributed by atoms with van der Waals surface area (Å²) >= 11 is 6.08. The van der Waals surface area contributed by atoms with Gasteiger partial charge in [0, 0.05) is 18.5 Å². The number of rotatable bonds is 2. The van der Waals surface area contributed by atoms with Crippen molar-refractivity contribution in [3.05, 3.63) is 130 Å². The summed E-state index contributed by atoms with van der Waals surface area (Å²) in [7, 11) is 11.0. The Morgan fingerprint density at radius 1 is 0.579 bits per heavy atom. The van der Waals surface area contributed by atoms with E-state index in [1.54, 1.807) is 0 Å². The van der Waals surface area contributed by atoms with Crippen molar-refractivity contribution in [3.63, 3.8) is 0 Å². The van der Waals surface area contributed by atoms with Crippen molar-refractivity contribution in [1.29, 1.82) is 0 Å². The third-order valence-corrected chi connectivity index (χ3v) is 6.65. The fourth-order valence-electron chi connectivity index (χ4n) is 3.92. The van der Waals surface area contributed by atoms with E-state index < -0.39 is 20.8 Å². The molecule has 0 aromatic heterocycles. The van der Waals surface area contributed by atoms with Crippen molar-refractivity contribution in [2.45, 2.75) is 13.1 Å². The quantitative estimate of drug-likeness (QED) is 0.122. The molecule has 6 aromatic carbocycles. The zero-order valence-corrected chi connectivity index (χ0v) is 29.2. The van der Waals surface area contributed by atoms with Gasteiger partial charge in [-0.3, -0.25) is 0 Å². The molecule has 6 aromatic rings. The van der Waals surface area contributed by atoms with Gasteiger partial charge in [0.2, 0.25) is 0 Å². The fraction of sp³-hybridized carbons (Fsp3) is 0.0625. The van der Waals surface area contributed by atoms with Crippen LogP contribution in [0.3, 0.4) is 0 Å². The zero-order chi connectivity index (χ0) is 27.3. The van der Waals surface area contributed by atoms with E-state index in [4.69, 9.17) is 17.0 Å². The number of hydrogen-bond acceptors (Lipinski definition) is 0.